The third-order valence-electron chi connectivity index (χ3n) is 4.50. The summed E-state index contributed by atoms with van der Waals surface area (Å²) in [6, 6.07) is 15.1. The van der Waals surface area contributed by atoms with E-state index >= 15 is 0 Å². The molecular formula is C20H20FN3. The lowest BCUT2D eigenvalue weighted by molar-refractivity contribution is 0.630. The second kappa shape index (κ2) is 6.11. The predicted octanol–water partition coefficient (Wildman–Crippen LogP) is 4.74. The van der Waals surface area contributed by atoms with Crippen LogP contribution >= 0.6 is 0 Å². The number of anilines is 1. The van der Waals surface area contributed by atoms with Gasteiger partial charge in [-0.15, -0.1) is 0 Å². The quantitative estimate of drug-likeness (QED) is 0.739. The second-order valence-corrected chi connectivity index (χ2v) is 6.29. The molecule has 0 atom stereocenters. The standard InChI is InChI=1S/C20H20FN3/c1-14-7-6-8-15(13-14)24-20-17(10-4-5-12-22-20)19(23-24)16-9-2-3-11-18(16)21/h2-3,6-9,11,13,22H,4-5,10,12H2,1H3. The van der Waals surface area contributed by atoms with Gasteiger partial charge < -0.3 is 5.32 Å². The topological polar surface area (TPSA) is 29.9 Å². The van der Waals surface area contributed by atoms with Crippen molar-refractivity contribution in [2.75, 3.05) is 11.9 Å². The number of nitrogens with one attached hydrogen (secondary N) is 1. The van der Waals surface area contributed by atoms with E-state index in [0.29, 0.717) is 5.56 Å². The lowest BCUT2D eigenvalue weighted by Gasteiger charge is -2.09. The lowest BCUT2D eigenvalue weighted by atomic mass is 10.0. The van der Waals surface area contributed by atoms with Crippen LogP contribution in [0.15, 0.2) is 48.5 Å². The van der Waals surface area contributed by atoms with E-state index in [1.807, 2.05) is 28.9 Å². The van der Waals surface area contributed by atoms with Crippen LogP contribution in [-0.2, 0) is 6.42 Å². The molecule has 1 aromatic heterocycles. The molecule has 2 heterocycles. The number of aryl methyl sites for hydroxylation is 1. The van der Waals surface area contributed by atoms with Gasteiger partial charge in [-0.3, -0.25) is 0 Å². The highest BCUT2D eigenvalue weighted by Crippen LogP contribution is 2.35. The predicted molar refractivity (Wildman–Crippen MR) is 95.1 cm³/mol. The van der Waals surface area contributed by atoms with Crippen LogP contribution in [0, 0.1) is 12.7 Å². The molecule has 0 saturated heterocycles. The smallest absolute Gasteiger partial charge is 0.133 e. The van der Waals surface area contributed by atoms with Crippen molar-refractivity contribution in [3.8, 4) is 16.9 Å². The Bertz CT molecular complexity index is 882. The molecule has 3 nitrogen and oxygen atoms in total. The van der Waals surface area contributed by atoms with Crippen molar-refractivity contribution in [1.29, 1.82) is 0 Å². The minimum Gasteiger partial charge on any atom is -0.370 e. The molecule has 0 fully saturated rings. The maximum Gasteiger partial charge on any atom is 0.133 e. The van der Waals surface area contributed by atoms with Crippen LogP contribution in [0.4, 0.5) is 10.2 Å². The van der Waals surface area contributed by atoms with Crippen molar-refractivity contribution in [3.63, 3.8) is 0 Å². The van der Waals surface area contributed by atoms with Crippen LogP contribution in [0.5, 0.6) is 0 Å². The summed E-state index contributed by atoms with van der Waals surface area (Å²) >= 11 is 0. The Morgan fingerprint density at radius 1 is 1.08 bits per heavy atom. The Balaban J connectivity index is 1.94. The minimum atomic E-state index is -0.224. The first kappa shape index (κ1) is 14.9. The SMILES string of the molecule is Cc1cccc(-n2nc(-c3ccccc3F)c3c2NCCCC3)c1. The van der Waals surface area contributed by atoms with Crippen molar-refractivity contribution in [3.05, 3.63) is 65.5 Å². The summed E-state index contributed by atoms with van der Waals surface area (Å²) in [5.41, 5.74) is 4.61. The maximum atomic E-state index is 14.4. The number of hydrogen-bond acceptors (Lipinski definition) is 2. The van der Waals surface area contributed by atoms with Gasteiger partial charge in [0.1, 0.15) is 17.3 Å². The van der Waals surface area contributed by atoms with Gasteiger partial charge >= 0.3 is 0 Å². The molecule has 0 unspecified atom stereocenters. The van der Waals surface area contributed by atoms with Crippen LogP contribution in [0.3, 0.4) is 0 Å². The fourth-order valence-electron chi connectivity index (χ4n) is 3.32. The second-order valence-electron chi connectivity index (χ2n) is 6.29. The van der Waals surface area contributed by atoms with E-state index in [0.717, 1.165) is 48.6 Å². The first-order chi connectivity index (χ1) is 11.7. The van der Waals surface area contributed by atoms with Crippen LogP contribution in [0.2, 0.25) is 0 Å². The van der Waals surface area contributed by atoms with Crippen LogP contribution in [0.25, 0.3) is 16.9 Å². The molecule has 2 aromatic carbocycles. The van der Waals surface area contributed by atoms with Gasteiger partial charge in [0.2, 0.25) is 0 Å². The van der Waals surface area contributed by atoms with E-state index in [2.05, 4.69) is 24.4 Å². The highest BCUT2D eigenvalue weighted by molar-refractivity contribution is 5.71. The summed E-state index contributed by atoms with van der Waals surface area (Å²) in [4.78, 5) is 0. The molecule has 0 aliphatic carbocycles. The van der Waals surface area contributed by atoms with Gasteiger partial charge in [0.25, 0.3) is 0 Å². The van der Waals surface area contributed by atoms with Crippen LogP contribution in [0.1, 0.15) is 24.0 Å². The number of fused-ring (bicyclic) bond motifs is 1. The molecule has 1 aliphatic heterocycles. The van der Waals surface area contributed by atoms with Crippen molar-refractivity contribution in [1.82, 2.24) is 9.78 Å². The summed E-state index contributed by atoms with van der Waals surface area (Å²) in [7, 11) is 0. The van der Waals surface area contributed by atoms with E-state index in [9.17, 15) is 4.39 Å². The Kier molecular flexibility index (Phi) is 3.81. The Morgan fingerprint density at radius 2 is 1.96 bits per heavy atom. The molecule has 4 rings (SSSR count). The van der Waals surface area contributed by atoms with Crippen LogP contribution < -0.4 is 5.32 Å². The van der Waals surface area contributed by atoms with Crippen molar-refractivity contribution in [2.24, 2.45) is 0 Å². The average Bonchev–Trinajstić information content (AvgIpc) is 2.77. The fourth-order valence-corrected chi connectivity index (χ4v) is 3.32. The fraction of sp³-hybridized carbons (Fsp3) is 0.250. The molecule has 4 heteroatoms. The van der Waals surface area contributed by atoms with Gasteiger partial charge in [-0.2, -0.15) is 5.10 Å². The highest BCUT2D eigenvalue weighted by Gasteiger charge is 2.23. The van der Waals surface area contributed by atoms with E-state index < -0.39 is 0 Å². The van der Waals surface area contributed by atoms with Crippen molar-refractivity contribution >= 4 is 5.82 Å². The summed E-state index contributed by atoms with van der Waals surface area (Å²) in [6.45, 7) is 2.98. The summed E-state index contributed by atoms with van der Waals surface area (Å²) < 4.78 is 16.3. The van der Waals surface area contributed by atoms with Gasteiger partial charge in [0.15, 0.2) is 0 Å². The highest BCUT2D eigenvalue weighted by atomic mass is 19.1. The minimum absolute atomic E-state index is 0.224. The molecule has 24 heavy (non-hydrogen) atoms. The number of aromatic nitrogens is 2. The molecule has 0 bridgehead atoms. The lowest BCUT2D eigenvalue weighted by Crippen LogP contribution is -2.07. The first-order valence-corrected chi connectivity index (χ1v) is 8.42. The summed E-state index contributed by atoms with van der Waals surface area (Å²) in [6.07, 6.45) is 3.11. The van der Waals surface area contributed by atoms with Gasteiger partial charge in [-0.1, -0.05) is 24.3 Å². The van der Waals surface area contributed by atoms with E-state index in [4.69, 9.17) is 5.10 Å². The van der Waals surface area contributed by atoms with E-state index in [1.165, 1.54) is 11.6 Å². The first-order valence-electron chi connectivity index (χ1n) is 8.42. The third-order valence-corrected chi connectivity index (χ3v) is 4.50. The Hall–Kier alpha value is -2.62. The zero-order valence-electron chi connectivity index (χ0n) is 13.7. The van der Waals surface area contributed by atoms with Gasteiger partial charge in [0, 0.05) is 17.7 Å². The molecule has 0 radical (unpaired) electrons. The van der Waals surface area contributed by atoms with E-state index in [-0.39, 0.29) is 5.82 Å². The monoisotopic (exact) mass is 321 g/mol. The van der Waals surface area contributed by atoms with E-state index in [1.54, 1.807) is 6.07 Å². The third kappa shape index (κ3) is 2.58. The summed E-state index contributed by atoms with van der Waals surface area (Å²) in [5.74, 6) is 0.773. The molecule has 3 aromatic rings. The Labute approximate surface area is 141 Å². The molecule has 1 N–H and O–H groups in total. The molecular weight excluding hydrogens is 301 g/mol. The number of halogens is 1. The van der Waals surface area contributed by atoms with Gasteiger partial charge in [0.05, 0.1) is 5.69 Å². The maximum absolute atomic E-state index is 14.4. The number of rotatable bonds is 2. The zero-order chi connectivity index (χ0) is 16.5. The molecule has 1 aliphatic rings. The van der Waals surface area contributed by atoms with Crippen molar-refractivity contribution in [2.45, 2.75) is 26.2 Å². The number of nitrogens with zero attached hydrogens (tertiary/aromatic N) is 2. The normalized spacial score (nSPS) is 13.9. The van der Waals surface area contributed by atoms with Gasteiger partial charge in [-0.05, 0) is 56.0 Å². The average molecular weight is 321 g/mol. The largest absolute Gasteiger partial charge is 0.370 e. The number of benzene rings is 2. The molecule has 122 valence electrons. The Morgan fingerprint density at radius 3 is 2.79 bits per heavy atom. The van der Waals surface area contributed by atoms with Crippen molar-refractivity contribution < 1.29 is 4.39 Å². The van der Waals surface area contributed by atoms with Gasteiger partial charge in [-0.25, -0.2) is 9.07 Å². The summed E-state index contributed by atoms with van der Waals surface area (Å²) in [5, 5.41) is 8.29. The molecule has 0 amide bonds. The number of hydrogen-bond donors (Lipinski definition) is 1. The zero-order valence-corrected chi connectivity index (χ0v) is 13.7. The molecule has 0 spiro atoms. The molecule has 0 saturated carbocycles. The van der Waals surface area contributed by atoms with Crippen LogP contribution in [-0.4, -0.2) is 16.3 Å².